The van der Waals surface area contributed by atoms with Crippen LogP contribution in [0.2, 0.25) is 0 Å². The van der Waals surface area contributed by atoms with Crippen LogP contribution in [0.15, 0.2) is 95.1 Å². The summed E-state index contributed by atoms with van der Waals surface area (Å²) in [6, 6.07) is 20.1. The minimum atomic E-state index is -4.51. The van der Waals surface area contributed by atoms with Crippen LogP contribution >= 0.6 is 0 Å². The van der Waals surface area contributed by atoms with E-state index >= 15 is 0 Å². The van der Waals surface area contributed by atoms with E-state index in [9.17, 15) is 21.6 Å². The van der Waals surface area contributed by atoms with Gasteiger partial charge in [0.1, 0.15) is 0 Å². The average molecular weight is 541 g/mol. The van der Waals surface area contributed by atoms with Crippen molar-refractivity contribution in [2.45, 2.75) is 18.0 Å². The Kier molecular flexibility index (Phi) is 7.74. The van der Waals surface area contributed by atoms with Gasteiger partial charge in [-0.1, -0.05) is 42.5 Å². The Morgan fingerprint density at radius 1 is 0.947 bits per heavy atom. The second-order valence-corrected chi connectivity index (χ2v) is 9.95. The second-order valence-electron chi connectivity index (χ2n) is 8.07. The standard InChI is InChI=1S/C26H23F3N6O2S/c1-17(18-11-13-22(14-12-18)38(36,37)30-2)34-35-24-23(19-7-6-8-20(15-19)26(27,28)29)16-31-25(33-24)32-21-9-4-3-5-10-21/h3-16,30H,1-2H3,(H2,31,32,33,35). The van der Waals surface area contributed by atoms with E-state index in [2.05, 4.69) is 30.5 Å². The third-order valence-electron chi connectivity index (χ3n) is 5.50. The van der Waals surface area contributed by atoms with Gasteiger partial charge in [0.15, 0.2) is 5.82 Å². The van der Waals surface area contributed by atoms with Crippen molar-refractivity contribution in [1.82, 2.24) is 14.7 Å². The molecule has 4 rings (SSSR count). The predicted octanol–water partition coefficient (Wildman–Crippen LogP) is 5.65. The summed E-state index contributed by atoms with van der Waals surface area (Å²) in [6.45, 7) is 1.70. The van der Waals surface area contributed by atoms with Gasteiger partial charge in [-0.15, -0.1) is 0 Å². The van der Waals surface area contributed by atoms with E-state index in [1.807, 2.05) is 30.3 Å². The first kappa shape index (κ1) is 26.8. The molecule has 0 unspecified atom stereocenters. The molecule has 38 heavy (non-hydrogen) atoms. The number of para-hydroxylation sites is 1. The highest BCUT2D eigenvalue weighted by Gasteiger charge is 2.30. The third-order valence-corrected chi connectivity index (χ3v) is 6.93. The molecule has 196 valence electrons. The Bertz CT molecular complexity index is 1560. The number of hydrazone groups is 1. The lowest BCUT2D eigenvalue weighted by Gasteiger charge is -2.13. The first-order valence-electron chi connectivity index (χ1n) is 11.3. The number of nitrogens with zero attached hydrogens (tertiary/aromatic N) is 3. The maximum absolute atomic E-state index is 13.3. The van der Waals surface area contributed by atoms with Crippen molar-refractivity contribution in [3.8, 4) is 11.1 Å². The molecule has 1 aromatic heterocycles. The Balaban J connectivity index is 1.69. The molecule has 12 heteroatoms. The molecule has 0 aliphatic rings. The Labute approximate surface area is 217 Å². The van der Waals surface area contributed by atoms with Crippen molar-refractivity contribution < 1.29 is 21.6 Å². The average Bonchev–Trinajstić information content (AvgIpc) is 2.92. The highest BCUT2D eigenvalue weighted by atomic mass is 32.2. The molecule has 1 heterocycles. The summed E-state index contributed by atoms with van der Waals surface area (Å²) in [5.41, 5.74) is 4.44. The normalized spacial score (nSPS) is 12.3. The Hall–Kier alpha value is -4.29. The zero-order chi connectivity index (χ0) is 27.3. The van der Waals surface area contributed by atoms with Crippen molar-refractivity contribution in [2.75, 3.05) is 17.8 Å². The summed E-state index contributed by atoms with van der Waals surface area (Å²) < 4.78 is 66.2. The molecule has 0 fully saturated rings. The molecular formula is C26H23F3N6O2S. The maximum atomic E-state index is 13.3. The fraction of sp³-hybridized carbons (Fsp3) is 0.115. The summed E-state index contributed by atoms with van der Waals surface area (Å²) in [5, 5.41) is 7.39. The van der Waals surface area contributed by atoms with Gasteiger partial charge < -0.3 is 5.32 Å². The van der Waals surface area contributed by atoms with Crippen LogP contribution in [-0.4, -0.2) is 31.1 Å². The van der Waals surface area contributed by atoms with Gasteiger partial charge in [0.2, 0.25) is 16.0 Å². The number of sulfonamides is 1. The van der Waals surface area contributed by atoms with E-state index in [-0.39, 0.29) is 22.2 Å². The molecule has 0 amide bonds. The molecule has 0 saturated heterocycles. The topological polar surface area (TPSA) is 108 Å². The fourth-order valence-electron chi connectivity index (χ4n) is 3.45. The number of aromatic nitrogens is 2. The molecule has 0 radical (unpaired) electrons. The van der Waals surface area contributed by atoms with Gasteiger partial charge in [-0.05, 0) is 61.5 Å². The number of halogens is 3. The van der Waals surface area contributed by atoms with Gasteiger partial charge in [0, 0.05) is 17.4 Å². The molecular weight excluding hydrogens is 517 g/mol. The lowest BCUT2D eigenvalue weighted by molar-refractivity contribution is -0.137. The summed E-state index contributed by atoms with van der Waals surface area (Å²) in [4.78, 5) is 8.82. The van der Waals surface area contributed by atoms with Crippen molar-refractivity contribution in [3.05, 3.63) is 96.2 Å². The highest BCUT2D eigenvalue weighted by molar-refractivity contribution is 7.89. The monoisotopic (exact) mass is 540 g/mol. The molecule has 0 aliphatic heterocycles. The molecule has 0 aliphatic carbocycles. The quantitative estimate of drug-likeness (QED) is 0.197. The van der Waals surface area contributed by atoms with Crippen LogP contribution in [0.5, 0.6) is 0 Å². The number of hydrogen-bond donors (Lipinski definition) is 3. The minimum Gasteiger partial charge on any atom is -0.324 e. The van der Waals surface area contributed by atoms with Crippen LogP contribution in [0.4, 0.5) is 30.6 Å². The number of anilines is 3. The van der Waals surface area contributed by atoms with Crippen LogP contribution in [0.1, 0.15) is 18.1 Å². The van der Waals surface area contributed by atoms with Crippen LogP contribution in [-0.2, 0) is 16.2 Å². The number of hydrogen-bond acceptors (Lipinski definition) is 7. The largest absolute Gasteiger partial charge is 0.416 e. The van der Waals surface area contributed by atoms with Crippen LogP contribution in [0.3, 0.4) is 0 Å². The molecule has 0 bridgehead atoms. The zero-order valence-corrected chi connectivity index (χ0v) is 21.1. The minimum absolute atomic E-state index is 0.101. The van der Waals surface area contributed by atoms with Crippen molar-refractivity contribution in [3.63, 3.8) is 0 Å². The molecule has 0 atom stereocenters. The van der Waals surface area contributed by atoms with E-state index in [1.165, 1.54) is 37.5 Å². The van der Waals surface area contributed by atoms with Crippen LogP contribution in [0.25, 0.3) is 11.1 Å². The zero-order valence-electron chi connectivity index (χ0n) is 20.3. The fourth-order valence-corrected chi connectivity index (χ4v) is 4.18. The van der Waals surface area contributed by atoms with Gasteiger partial charge in [-0.2, -0.15) is 23.3 Å². The van der Waals surface area contributed by atoms with Gasteiger partial charge in [0.25, 0.3) is 0 Å². The summed E-state index contributed by atoms with van der Waals surface area (Å²) in [6.07, 6.45) is -3.10. The lowest BCUT2D eigenvalue weighted by atomic mass is 10.0. The lowest BCUT2D eigenvalue weighted by Crippen LogP contribution is -2.18. The molecule has 0 saturated carbocycles. The molecule has 3 N–H and O–H groups in total. The van der Waals surface area contributed by atoms with Gasteiger partial charge in [-0.3, -0.25) is 5.43 Å². The summed E-state index contributed by atoms with van der Waals surface area (Å²) in [5.74, 6) is 0.385. The van der Waals surface area contributed by atoms with Gasteiger partial charge in [-0.25, -0.2) is 18.1 Å². The highest BCUT2D eigenvalue weighted by Crippen LogP contribution is 2.34. The van der Waals surface area contributed by atoms with Crippen LogP contribution < -0.4 is 15.5 Å². The second kappa shape index (κ2) is 11.0. The van der Waals surface area contributed by atoms with Gasteiger partial charge >= 0.3 is 6.18 Å². The number of rotatable bonds is 8. The van der Waals surface area contributed by atoms with Gasteiger partial charge in [0.05, 0.1) is 16.2 Å². The molecule has 0 spiro atoms. The maximum Gasteiger partial charge on any atom is 0.416 e. The third kappa shape index (κ3) is 6.33. The SMILES string of the molecule is CNS(=O)(=O)c1ccc(C(C)=NNc2nc(Nc3ccccc3)ncc2-c2cccc(C(F)(F)F)c2)cc1. The Morgan fingerprint density at radius 3 is 2.32 bits per heavy atom. The first-order valence-corrected chi connectivity index (χ1v) is 12.8. The van der Waals surface area contributed by atoms with Crippen molar-refractivity contribution >= 4 is 33.2 Å². The first-order chi connectivity index (χ1) is 18.1. The van der Waals surface area contributed by atoms with E-state index in [0.29, 0.717) is 16.8 Å². The summed E-state index contributed by atoms with van der Waals surface area (Å²) >= 11 is 0. The van der Waals surface area contributed by atoms with E-state index in [0.717, 1.165) is 17.8 Å². The number of nitrogens with one attached hydrogen (secondary N) is 3. The predicted molar refractivity (Wildman–Crippen MR) is 141 cm³/mol. The van der Waals surface area contributed by atoms with E-state index < -0.39 is 21.8 Å². The Morgan fingerprint density at radius 2 is 1.66 bits per heavy atom. The molecule has 3 aromatic carbocycles. The number of alkyl halides is 3. The van der Waals surface area contributed by atoms with E-state index in [4.69, 9.17) is 0 Å². The molecule has 8 nitrogen and oxygen atoms in total. The smallest absolute Gasteiger partial charge is 0.324 e. The van der Waals surface area contributed by atoms with Crippen molar-refractivity contribution in [1.29, 1.82) is 0 Å². The van der Waals surface area contributed by atoms with Crippen molar-refractivity contribution in [2.24, 2.45) is 5.10 Å². The van der Waals surface area contributed by atoms with Crippen LogP contribution in [0, 0.1) is 0 Å². The summed E-state index contributed by atoms with van der Waals surface area (Å²) in [7, 11) is -2.26. The molecule has 4 aromatic rings. The number of benzene rings is 3. The van der Waals surface area contributed by atoms with E-state index in [1.54, 1.807) is 19.1 Å².